The number of aromatic amines is 1. The summed E-state index contributed by atoms with van der Waals surface area (Å²) < 4.78 is 5.73. The zero-order valence-corrected chi connectivity index (χ0v) is 13.3. The fourth-order valence-corrected chi connectivity index (χ4v) is 3.35. The van der Waals surface area contributed by atoms with Gasteiger partial charge in [0.05, 0.1) is 18.6 Å². The molecule has 1 amide bonds. The van der Waals surface area contributed by atoms with E-state index in [-0.39, 0.29) is 5.91 Å². The van der Waals surface area contributed by atoms with Gasteiger partial charge in [-0.15, -0.1) is 0 Å². The second-order valence-corrected chi connectivity index (χ2v) is 6.20. The van der Waals surface area contributed by atoms with E-state index >= 15 is 0 Å². The molecule has 0 radical (unpaired) electrons. The summed E-state index contributed by atoms with van der Waals surface area (Å²) in [5.41, 5.74) is 2.77. The van der Waals surface area contributed by atoms with Gasteiger partial charge >= 0.3 is 0 Å². The van der Waals surface area contributed by atoms with Gasteiger partial charge in [0.25, 0.3) is 0 Å². The van der Waals surface area contributed by atoms with Crippen LogP contribution in [0.2, 0.25) is 5.02 Å². The summed E-state index contributed by atoms with van der Waals surface area (Å²) in [5.74, 6) is 0.816. The first kappa shape index (κ1) is 14.5. The van der Waals surface area contributed by atoms with Crippen LogP contribution in [0.4, 0.5) is 0 Å². The van der Waals surface area contributed by atoms with E-state index in [0.717, 1.165) is 35.7 Å². The maximum absolute atomic E-state index is 13.0. The standard InChI is InChI=1S/C16H17ClN4O2/c17-11-1-2-13-10(7-11)8-21(5-6-23-13)16(22)15-14-12(3-4-18-15)19-9-20-14/h1-2,7,9,15,18H,3-6,8H2,(H,19,20)/t15-/m1/s1. The number of benzene rings is 1. The van der Waals surface area contributed by atoms with Crippen LogP contribution in [-0.2, 0) is 17.8 Å². The fraction of sp³-hybridized carbons (Fsp3) is 0.375. The minimum absolute atomic E-state index is 0.0227. The van der Waals surface area contributed by atoms with Gasteiger partial charge in [0.2, 0.25) is 5.91 Å². The first-order chi connectivity index (χ1) is 11.2. The molecule has 0 saturated carbocycles. The lowest BCUT2D eigenvalue weighted by molar-refractivity contribution is -0.134. The molecule has 0 bridgehead atoms. The lowest BCUT2D eigenvalue weighted by atomic mass is 10.0. The highest BCUT2D eigenvalue weighted by Gasteiger charge is 2.32. The van der Waals surface area contributed by atoms with Crippen LogP contribution in [0.1, 0.15) is 23.0 Å². The Hall–Kier alpha value is -2.05. The van der Waals surface area contributed by atoms with Gasteiger partial charge in [-0.2, -0.15) is 0 Å². The zero-order chi connectivity index (χ0) is 15.8. The highest BCUT2D eigenvalue weighted by atomic mass is 35.5. The Balaban J connectivity index is 1.60. The Morgan fingerprint density at radius 3 is 3.26 bits per heavy atom. The number of halogens is 1. The van der Waals surface area contributed by atoms with Gasteiger partial charge in [-0.1, -0.05) is 11.6 Å². The number of fused-ring (bicyclic) bond motifs is 2. The second kappa shape index (κ2) is 5.86. The van der Waals surface area contributed by atoms with E-state index in [1.54, 1.807) is 12.4 Å². The molecule has 2 aliphatic heterocycles. The van der Waals surface area contributed by atoms with Crippen LogP contribution in [0, 0.1) is 0 Å². The number of carbonyl (C=O) groups is 1. The van der Waals surface area contributed by atoms with Crippen molar-refractivity contribution in [3.05, 3.63) is 46.5 Å². The third kappa shape index (κ3) is 2.68. The first-order valence-electron chi connectivity index (χ1n) is 7.68. The molecule has 4 rings (SSSR count). The van der Waals surface area contributed by atoms with E-state index in [0.29, 0.717) is 24.7 Å². The highest BCUT2D eigenvalue weighted by molar-refractivity contribution is 6.30. The third-order valence-electron chi connectivity index (χ3n) is 4.31. The highest BCUT2D eigenvalue weighted by Crippen LogP contribution is 2.28. The molecule has 2 aliphatic rings. The van der Waals surface area contributed by atoms with Gasteiger partial charge in [-0.25, -0.2) is 4.98 Å². The van der Waals surface area contributed by atoms with Crippen molar-refractivity contribution in [2.45, 2.75) is 19.0 Å². The van der Waals surface area contributed by atoms with Crippen LogP contribution >= 0.6 is 11.6 Å². The molecule has 0 saturated heterocycles. The predicted octanol–water partition coefficient (Wildman–Crippen LogP) is 1.67. The molecule has 0 spiro atoms. The predicted molar refractivity (Wildman–Crippen MR) is 85.4 cm³/mol. The Morgan fingerprint density at radius 2 is 2.35 bits per heavy atom. The van der Waals surface area contributed by atoms with E-state index < -0.39 is 6.04 Å². The quantitative estimate of drug-likeness (QED) is 0.833. The molecule has 2 N–H and O–H groups in total. The summed E-state index contributed by atoms with van der Waals surface area (Å²) in [6.07, 6.45) is 2.51. The Bertz CT molecular complexity index is 745. The molecule has 0 aliphatic carbocycles. The topological polar surface area (TPSA) is 70.2 Å². The number of H-pyrrole nitrogens is 1. The van der Waals surface area contributed by atoms with Crippen molar-refractivity contribution in [2.75, 3.05) is 19.7 Å². The van der Waals surface area contributed by atoms with Crippen molar-refractivity contribution < 1.29 is 9.53 Å². The van der Waals surface area contributed by atoms with Crippen molar-refractivity contribution in [3.63, 3.8) is 0 Å². The number of rotatable bonds is 1. The van der Waals surface area contributed by atoms with Crippen LogP contribution in [0.5, 0.6) is 5.75 Å². The molecular weight excluding hydrogens is 316 g/mol. The molecule has 0 unspecified atom stereocenters. The van der Waals surface area contributed by atoms with Crippen LogP contribution in [0.3, 0.4) is 0 Å². The minimum Gasteiger partial charge on any atom is -0.491 e. The normalized spacial score (nSPS) is 20.2. The maximum Gasteiger partial charge on any atom is 0.246 e. The van der Waals surface area contributed by atoms with Crippen molar-refractivity contribution >= 4 is 17.5 Å². The molecule has 23 heavy (non-hydrogen) atoms. The number of ether oxygens (including phenoxy) is 1. The Labute approximate surface area is 138 Å². The fourth-order valence-electron chi connectivity index (χ4n) is 3.16. The van der Waals surface area contributed by atoms with Crippen LogP contribution < -0.4 is 10.1 Å². The average molecular weight is 333 g/mol. The first-order valence-corrected chi connectivity index (χ1v) is 8.06. The summed E-state index contributed by atoms with van der Waals surface area (Å²) in [6.45, 7) is 2.27. The number of carbonyl (C=O) groups excluding carboxylic acids is 1. The molecule has 1 aromatic carbocycles. The van der Waals surface area contributed by atoms with E-state index in [2.05, 4.69) is 15.3 Å². The van der Waals surface area contributed by atoms with Crippen molar-refractivity contribution in [3.8, 4) is 5.75 Å². The summed E-state index contributed by atoms with van der Waals surface area (Å²) in [5, 5.41) is 3.92. The zero-order valence-electron chi connectivity index (χ0n) is 12.5. The number of hydrogen-bond donors (Lipinski definition) is 2. The summed E-state index contributed by atoms with van der Waals surface area (Å²) >= 11 is 6.07. The van der Waals surface area contributed by atoms with E-state index in [4.69, 9.17) is 16.3 Å². The maximum atomic E-state index is 13.0. The molecule has 1 atom stereocenters. The van der Waals surface area contributed by atoms with Crippen molar-refractivity contribution in [1.82, 2.24) is 20.2 Å². The Morgan fingerprint density at radius 1 is 1.43 bits per heavy atom. The molecule has 7 heteroatoms. The van der Waals surface area contributed by atoms with Crippen molar-refractivity contribution in [1.29, 1.82) is 0 Å². The summed E-state index contributed by atoms with van der Waals surface area (Å²) in [4.78, 5) is 22.2. The van der Waals surface area contributed by atoms with Gasteiger partial charge in [-0.05, 0) is 18.2 Å². The molecule has 0 fully saturated rings. The third-order valence-corrected chi connectivity index (χ3v) is 4.54. The SMILES string of the molecule is O=C([C@@H]1NCCc2[nH]cnc21)N1CCOc2ccc(Cl)cc2C1. The molecule has 120 valence electrons. The van der Waals surface area contributed by atoms with E-state index in [9.17, 15) is 4.79 Å². The average Bonchev–Trinajstić information content (AvgIpc) is 2.94. The molecular formula is C16H17ClN4O2. The second-order valence-electron chi connectivity index (χ2n) is 5.76. The lowest BCUT2D eigenvalue weighted by Gasteiger charge is -2.28. The number of amides is 1. The smallest absolute Gasteiger partial charge is 0.246 e. The lowest BCUT2D eigenvalue weighted by Crippen LogP contribution is -2.44. The van der Waals surface area contributed by atoms with Gasteiger partial charge in [0, 0.05) is 35.8 Å². The number of aromatic nitrogens is 2. The molecule has 3 heterocycles. The van der Waals surface area contributed by atoms with Crippen LogP contribution in [-0.4, -0.2) is 40.5 Å². The van der Waals surface area contributed by atoms with Crippen LogP contribution in [0.15, 0.2) is 24.5 Å². The summed E-state index contributed by atoms with van der Waals surface area (Å²) in [7, 11) is 0. The van der Waals surface area contributed by atoms with Gasteiger partial charge in [0.1, 0.15) is 18.4 Å². The largest absolute Gasteiger partial charge is 0.491 e. The van der Waals surface area contributed by atoms with E-state index in [1.165, 1.54) is 0 Å². The number of nitrogens with one attached hydrogen (secondary N) is 2. The number of nitrogens with zero attached hydrogens (tertiary/aromatic N) is 2. The molecule has 1 aromatic heterocycles. The monoisotopic (exact) mass is 332 g/mol. The van der Waals surface area contributed by atoms with Gasteiger partial charge in [-0.3, -0.25) is 4.79 Å². The van der Waals surface area contributed by atoms with Gasteiger partial charge < -0.3 is 19.9 Å². The van der Waals surface area contributed by atoms with Crippen LogP contribution in [0.25, 0.3) is 0 Å². The molecule has 6 nitrogen and oxygen atoms in total. The van der Waals surface area contributed by atoms with Gasteiger partial charge in [0.15, 0.2) is 0 Å². The number of hydrogen-bond acceptors (Lipinski definition) is 4. The molecule has 2 aromatic rings. The minimum atomic E-state index is -0.397. The summed E-state index contributed by atoms with van der Waals surface area (Å²) in [6, 6.07) is 5.12. The van der Waals surface area contributed by atoms with E-state index in [1.807, 2.05) is 17.0 Å². The van der Waals surface area contributed by atoms with Crippen molar-refractivity contribution in [2.24, 2.45) is 0 Å². The Kier molecular flexibility index (Phi) is 3.71. The number of imidazole rings is 1.